The number of methoxy groups -OCH3 is 1. The molecule has 1 N–H and O–H groups in total. The van der Waals surface area contributed by atoms with Crippen LogP contribution >= 0.6 is 11.3 Å². The van der Waals surface area contributed by atoms with E-state index in [0.29, 0.717) is 17.3 Å². The lowest BCUT2D eigenvalue weighted by Crippen LogP contribution is -2.13. The van der Waals surface area contributed by atoms with Gasteiger partial charge >= 0.3 is 0 Å². The van der Waals surface area contributed by atoms with Gasteiger partial charge in [0.1, 0.15) is 5.75 Å². The molecule has 0 aliphatic rings. The number of benzene rings is 1. The van der Waals surface area contributed by atoms with Gasteiger partial charge in [-0.25, -0.2) is 0 Å². The number of rotatable bonds is 4. The monoisotopic (exact) mass is 343 g/mol. The van der Waals surface area contributed by atoms with Gasteiger partial charge in [0.25, 0.3) is 11.8 Å². The Kier molecular flexibility index (Phi) is 4.35. The molecule has 1 aromatic carbocycles. The number of thiophene rings is 1. The summed E-state index contributed by atoms with van der Waals surface area (Å²) in [6, 6.07) is 7.22. The summed E-state index contributed by atoms with van der Waals surface area (Å²) in [4.78, 5) is 14.3. The minimum atomic E-state index is -0.163. The van der Waals surface area contributed by atoms with E-state index in [1.807, 2.05) is 26.0 Å². The van der Waals surface area contributed by atoms with Crippen molar-refractivity contribution < 1.29 is 13.9 Å². The first-order valence-corrected chi connectivity index (χ1v) is 8.16. The Balaban J connectivity index is 1.83. The molecule has 0 atom stereocenters. The van der Waals surface area contributed by atoms with Crippen molar-refractivity contribution in [2.24, 2.45) is 0 Å². The molecule has 2 heterocycles. The van der Waals surface area contributed by atoms with Gasteiger partial charge in [0.15, 0.2) is 0 Å². The fraction of sp³-hybridized carbons (Fsp3) is 0.235. The number of carbonyl (C=O) groups excluding carboxylic acids is 1. The van der Waals surface area contributed by atoms with Crippen molar-refractivity contribution in [2.45, 2.75) is 20.8 Å². The van der Waals surface area contributed by atoms with Crippen LogP contribution in [-0.4, -0.2) is 23.2 Å². The topological polar surface area (TPSA) is 77.2 Å². The second-order valence-corrected chi connectivity index (χ2v) is 6.60. The maximum absolute atomic E-state index is 12.5. The Morgan fingerprint density at radius 3 is 2.62 bits per heavy atom. The van der Waals surface area contributed by atoms with E-state index in [9.17, 15) is 4.79 Å². The normalized spacial score (nSPS) is 10.7. The zero-order chi connectivity index (χ0) is 17.3. The first kappa shape index (κ1) is 16.2. The smallest absolute Gasteiger partial charge is 0.257 e. The number of carbonyl (C=O) groups is 1. The van der Waals surface area contributed by atoms with Gasteiger partial charge in [-0.1, -0.05) is 0 Å². The van der Waals surface area contributed by atoms with Crippen molar-refractivity contribution in [2.75, 3.05) is 12.4 Å². The highest BCUT2D eigenvalue weighted by molar-refractivity contribution is 7.15. The van der Waals surface area contributed by atoms with Crippen LogP contribution in [0.3, 0.4) is 0 Å². The number of aryl methyl sites for hydroxylation is 3. The summed E-state index contributed by atoms with van der Waals surface area (Å²) in [5.74, 6) is 1.53. The van der Waals surface area contributed by atoms with Gasteiger partial charge in [0.05, 0.1) is 17.7 Å². The third-order valence-electron chi connectivity index (χ3n) is 3.58. The van der Waals surface area contributed by atoms with Crippen molar-refractivity contribution in [1.29, 1.82) is 0 Å². The van der Waals surface area contributed by atoms with Crippen LogP contribution in [0.5, 0.6) is 5.75 Å². The molecule has 0 saturated heterocycles. The van der Waals surface area contributed by atoms with Gasteiger partial charge < -0.3 is 14.5 Å². The van der Waals surface area contributed by atoms with Crippen molar-refractivity contribution in [3.8, 4) is 16.5 Å². The molecule has 124 valence electrons. The highest BCUT2D eigenvalue weighted by atomic mass is 32.1. The average Bonchev–Trinajstić information content (AvgIpc) is 3.13. The molecular weight excluding hydrogens is 326 g/mol. The molecule has 7 heteroatoms. The number of anilines is 1. The van der Waals surface area contributed by atoms with Gasteiger partial charge in [-0.05, 0) is 43.7 Å². The Hall–Kier alpha value is -2.67. The van der Waals surface area contributed by atoms with Gasteiger partial charge in [-0.3, -0.25) is 4.79 Å². The van der Waals surface area contributed by atoms with E-state index in [1.165, 1.54) is 11.3 Å². The summed E-state index contributed by atoms with van der Waals surface area (Å²) in [6.45, 7) is 5.56. The van der Waals surface area contributed by atoms with Crippen molar-refractivity contribution in [1.82, 2.24) is 10.2 Å². The summed E-state index contributed by atoms with van der Waals surface area (Å²) in [6.07, 6.45) is 0. The summed E-state index contributed by atoms with van der Waals surface area (Å²) in [5.41, 5.74) is 2.20. The zero-order valence-corrected chi connectivity index (χ0v) is 14.7. The fourth-order valence-electron chi connectivity index (χ4n) is 2.32. The first-order valence-electron chi connectivity index (χ1n) is 7.35. The minimum absolute atomic E-state index is 0.163. The highest BCUT2D eigenvalue weighted by Gasteiger charge is 2.16. The van der Waals surface area contributed by atoms with E-state index in [-0.39, 0.29) is 5.91 Å². The summed E-state index contributed by atoms with van der Waals surface area (Å²) < 4.78 is 10.6. The van der Waals surface area contributed by atoms with Crippen LogP contribution in [0.15, 0.2) is 28.7 Å². The van der Waals surface area contributed by atoms with Crippen LogP contribution in [0, 0.1) is 20.8 Å². The summed E-state index contributed by atoms with van der Waals surface area (Å²) >= 11 is 1.50. The molecule has 0 unspecified atom stereocenters. The lowest BCUT2D eigenvalue weighted by atomic mass is 10.1. The largest absolute Gasteiger partial charge is 0.497 e. The lowest BCUT2D eigenvalue weighted by Gasteiger charge is -2.08. The molecular formula is C17H17N3O3S. The van der Waals surface area contributed by atoms with Crippen LogP contribution in [-0.2, 0) is 0 Å². The van der Waals surface area contributed by atoms with Crippen LogP contribution in [0.4, 0.5) is 5.69 Å². The van der Waals surface area contributed by atoms with E-state index in [0.717, 1.165) is 26.8 Å². The zero-order valence-electron chi connectivity index (χ0n) is 13.8. The lowest BCUT2D eigenvalue weighted by molar-refractivity contribution is 0.102. The van der Waals surface area contributed by atoms with Crippen LogP contribution < -0.4 is 10.1 Å². The fourth-order valence-corrected chi connectivity index (χ4v) is 3.21. The van der Waals surface area contributed by atoms with Crippen molar-refractivity contribution >= 4 is 22.9 Å². The second kappa shape index (κ2) is 6.45. The third-order valence-corrected chi connectivity index (χ3v) is 4.62. The summed E-state index contributed by atoms with van der Waals surface area (Å²) in [7, 11) is 1.60. The molecule has 3 aromatic rings. The van der Waals surface area contributed by atoms with Gasteiger partial charge in [0, 0.05) is 17.4 Å². The highest BCUT2D eigenvalue weighted by Crippen LogP contribution is 2.33. The molecule has 0 bridgehead atoms. The molecule has 24 heavy (non-hydrogen) atoms. The number of hydrogen-bond acceptors (Lipinski definition) is 6. The molecule has 0 aliphatic carbocycles. The number of aromatic nitrogens is 2. The number of nitrogens with one attached hydrogen (secondary N) is 1. The van der Waals surface area contributed by atoms with Crippen LogP contribution in [0.25, 0.3) is 10.8 Å². The van der Waals surface area contributed by atoms with Crippen molar-refractivity contribution in [3.63, 3.8) is 0 Å². The SMILES string of the molecule is COc1ccc(C(=O)Nc2cc(-c3nnc(C)o3)sc2C)c(C)c1. The maximum Gasteiger partial charge on any atom is 0.257 e. The van der Waals surface area contributed by atoms with Crippen LogP contribution in [0.1, 0.15) is 26.7 Å². The number of ether oxygens (including phenoxy) is 1. The first-order chi connectivity index (χ1) is 11.5. The number of amides is 1. The second-order valence-electron chi connectivity index (χ2n) is 5.34. The predicted molar refractivity (Wildman–Crippen MR) is 92.8 cm³/mol. The predicted octanol–water partition coefficient (Wildman–Crippen LogP) is 3.98. The molecule has 0 spiro atoms. The number of nitrogens with zero attached hydrogens (tertiary/aromatic N) is 2. The molecule has 3 rings (SSSR count). The van der Waals surface area contributed by atoms with E-state index < -0.39 is 0 Å². The quantitative estimate of drug-likeness (QED) is 0.775. The summed E-state index contributed by atoms with van der Waals surface area (Å²) in [5, 5.41) is 10.8. The van der Waals surface area contributed by atoms with Gasteiger partial charge in [-0.2, -0.15) is 0 Å². The van der Waals surface area contributed by atoms with Crippen molar-refractivity contribution in [3.05, 3.63) is 46.2 Å². The molecule has 1 amide bonds. The third kappa shape index (κ3) is 3.16. The molecule has 0 aliphatic heterocycles. The van der Waals surface area contributed by atoms with E-state index >= 15 is 0 Å². The minimum Gasteiger partial charge on any atom is -0.497 e. The number of hydrogen-bond donors (Lipinski definition) is 1. The Labute approximate surface area is 143 Å². The molecule has 6 nitrogen and oxygen atoms in total. The van der Waals surface area contributed by atoms with E-state index in [4.69, 9.17) is 9.15 Å². The molecule has 2 aromatic heterocycles. The van der Waals surface area contributed by atoms with Gasteiger partial charge in [-0.15, -0.1) is 21.5 Å². The standard InChI is InChI=1S/C17H17N3O3S/c1-9-7-12(22-4)5-6-13(9)16(21)18-14-8-15(24-10(14)2)17-20-19-11(3)23-17/h5-8H,1-4H3,(H,18,21). The van der Waals surface area contributed by atoms with Gasteiger partial charge in [0.2, 0.25) is 5.89 Å². The Bertz CT molecular complexity index is 898. The maximum atomic E-state index is 12.5. The Morgan fingerprint density at radius 2 is 2.00 bits per heavy atom. The molecule has 0 fully saturated rings. The van der Waals surface area contributed by atoms with E-state index in [1.54, 1.807) is 26.2 Å². The molecule has 0 radical (unpaired) electrons. The molecule has 0 saturated carbocycles. The average molecular weight is 343 g/mol. The Morgan fingerprint density at radius 1 is 1.21 bits per heavy atom. The van der Waals surface area contributed by atoms with E-state index in [2.05, 4.69) is 15.5 Å². The van der Waals surface area contributed by atoms with Crippen LogP contribution in [0.2, 0.25) is 0 Å².